The first-order valence-corrected chi connectivity index (χ1v) is 8.28. The Labute approximate surface area is 146 Å². The Morgan fingerprint density at radius 1 is 1.04 bits per heavy atom. The van der Waals surface area contributed by atoms with Crippen molar-refractivity contribution in [3.05, 3.63) is 65.2 Å². The van der Waals surface area contributed by atoms with Gasteiger partial charge in [0.25, 0.3) is 0 Å². The minimum Gasteiger partial charge on any atom is -0.354 e. The van der Waals surface area contributed by atoms with Crippen LogP contribution in [0.1, 0.15) is 16.7 Å². The summed E-state index contributed by atoms with van der Waals surface area (Å²) in [6.07, 6.45) is 0.803. The average Bonchev–Trinajstić information content (AvgIpc) is 3.05. The molecule has 0 aliphatic heterocycles. The molecule has 6 nitrogen and oxygen atoms in total. The lowest BCUT2D eigenvalue weighted by Gasteiger charge is -2.07. The SMILES string of the molecule is Cc1ccccc1CCNC(=O)Cn1nnc(-c2ccccc2C)n1. The second kappa shape index (κ2) is 7.70. The van der Waals surface area contributed by atoms with Crippen molar-refractivity contribution in [2.75, 3.05) is 6.54 Å². The third-order valence-electron chi connectivity index (χ3n) is 4.10. The number of aromatic nitrogens is 4. The van der Waals surface area contributed by atoms with Gasteiger partial charge >= 0.3 is 0 Å². The lowest BCUT2D eigenvalue weighted by atomic mass is 10.1. The van der Waals surface area contributed by atoms with Gasteiger partial charge in [-0.25, -0.2) is 0 Å². The molecular weight excluding hydrogens is 314 g/mol. The lowest BCUT2D eigenvalue weighted by Crippen LogP contribution is -2.30. The van der Waals surface area contributed by atoms with Crippen LogP contribution >= 0.6 is 0 Å². The highest BCUT2D eigenvalue weighted by Crippen LogP contribution is 2.17. The monoisotopic (exact) mass is 335 g/mol. The van der Waals surface area contributed by atoms with E-state index in [0.717, 1.165) is 17.5 Å². The van der Waals surface area contributed by atoms with E-state index in [9.17, 15) is 4.79 Å². The van der Waals surface area contributed by atoms with E-state index >= 15 is 0 Å². The molecule has 6 heteroatoms. The van der Waals surface area contributed by atoms with Crippen molar-refractivity contribution < 1.29 is 4.79 Å². The molecular formula is C19H21N5O. The molecule has 1 amide bonds. The molecule has 1 aromatic heterocycles. The van der Waals surface area contributed by atoms with Crippen molar-refractivity contribution in [3.63, 3.8) is 0 Å². The second-order valence-corrected chi connectivity index (χ2v) is 5.98. The van der Waals surface area contributed by atoms with E-state index in [1.54, 1.807) is 0 Å². The van der Waals surface area contributed by atoms with Crippen molar-refractivity contribution in [3.8, 4) is 11.4 Å². The lowest BCUT2D eigenvalue weighted by molar-refractivity contribution is -0.122. The highest BCUT2D eigenvalue weighted by atomic mass is 16.2. The number of carbonyl (C=O) groups excluding carboxylic acids is 1. The molecule has 3 aromatic rings. The van der Waals surface area contributed by atoms with Crippen LogP contribution in [-0.2, 0) is 17.8 Å². The topological polar surface area (TPSA) is 72.7 Å². The van der Waals surface area contributed by atoms with Crippen molar-refractivity contribution in [2.45, 2.75) is 26.8 Å². The van der Waals surface area contributed by atoms with Crippen LogP contribution in [0.3, 0.4) is 0 Å². The van der Waals surface area contributed by atoms with E-state index in [1.807, 2.05) is 43.3 Å². The molecule has 0 atom stereocenters. The molecule has 0 saturated heterocycles. The van der Waals surface area contributed by atoms with Crippen LogP contribution in [0, 0.1) is 13.8 Å². The minimum atomic E-state index is -0.123. The van der Waals surface area contributed by atoms with Gasteiger partial charge in [-0.3, -0.25) is 4.79 Å². The van der Waals surface area contributed by atoms with E-state index in [0.29, 0.717) is 12.4 Å². The fraction of sp³-hybridized carbons (Fsp3) is 0.263. The van der Waals surface area contributed by atoms with Crippen LogP contribution in [0.4, 0.5) is 0 Å². The van der Waals surface area contributed by atoms with Gasteiger partial charge in [0.15, 0.2) is 0 Å². The molecule has 0 spiro atoms. The Bertz CT molecular complexity index is 872. The Kier molecular flexibility index (Phi) is 5.18. The van der Waals surface area contributed by atoms with E-state index in [1.165, 1.54) is 15.9 Å². The Morgan fingerprint density at radius 2 is 1.76 bits per heavy atom. The zero-order chi connectivity index (χ0) is 17.6. The number of hydrogen-bond acceptors (Lipinski definition) is 4. The number of amides is 1. The highest BCUT2D eigenvalue weighted by Gasteiger charge is 2.10. The van der Waals surface area contributed by atoms with Crippen LogP contribution in [0.5, 0.6) is 0 Å². The highest BCUT2D eigenvalue weighted by molar-refractivity contribution is 5.75. The first-order chi connectivity index (χ1) is 12.1. The van der Waals surface area contributed by atoms with Crippen LogP contribution in [0.15, 0.2) is 48.5 Å². The Balaban J connectivity index is 1.54. The standard InChI is InChI=1S/C19H21N5O/c1-14-7-3-5-9-16(14)11-12-20-18(25)13-24-22-19(21-23-24)17-10-6-4-8-15(17)2/h3-10H,11-13H2,1-2H3,(H,20,25). The zero-order valence-corrected chi connectivity index (χ0v) is 14.4. The van der Waals surface area contributed by atoms with Gasteiger partial charge < -0.3 is 5.32 Å². The summed E-state index contributed by atoms with van der Waals surface area (Å²) >= 11 is 0. The van der Waals surface area contributed by atoms with Gasteiger partial charge in [0, 0.05) is 12.1 Å². The molecule has 0 saturated carbocycles. The first-order valence-electron chi connectivity index (χ1n) is 8.28. The van der Waals surface area contributed by atoms with Crippen LogP contribution < -0.4 is 5.32 Å². The van der Waals surface area contributed by atoms with Gasteiger partial charge in [-0.2, -0.15) is 4.80 Å². The summed E-state index contributed by atoms with van der Waals surface area (Å²) in [5, 5.41) is 15.2. The molecule has 0 aliphatic carbocycles. The van der Waals surface area contributed by atoms with Gasteiger partial charge in [-0.05, 0) is 42.2 Å². The number of nitrogens with one attached hydrogen (secondary N) is 1. The van der Waals surface area contributed by atoms with E-state index < -0.39 is 0 Å². The van der Waals surface area contributed by atoms with Crippen molar-refractivity contribution in [2.24, 2.45) is 0 Å². The quantitative estimate of drug-likeness (QED) is 0.750. The maximum Gasteiger partial charge on any atom is 0.243 e. The number of carbonyl (C=O) groups is 1. The molecule has 0 unspecified atom stereocenters. The molecule has 0 aliphatic rings. The van der Waals surface area contributed by atoms with Crippen LogP contribution in [-0.4, -0.2) is 32.7 Å². The number of hydrogen-bond donors (Lipinski definition) is 1. The van der Waals surface area contributed by atoms with E-state index in [2.05, 4.69) is 39.8 Å². The molecule has 25 heavy (non-hydrogen) atoms. The molecule has 0 fully saturated rings. The van der Waals surface area contributed by atoms with Crippen molar-refractivity contribution >= 4 is 5.91 Å². The summed E-state index contributed by atoms with van der Waals surface area (Å²) in [4.78, 5) is 13.4. The molecule has 3 rings (SSSR count). The van der Waals surface area contributed by atoms with E-state index in [-0.39, 0.29) is 12.5 Å². The summed E-state index contributed by atoms with van der Waals surface area (Å²) in [6, 6.07) is 16.0. The average molecular weight is 335 g/mol. The maximum absolute atomic E-state index is 12.1. The molecule has 1 heterocycles. The van der Waals surface area contributed by atoms with E-state index in [4.69, 9.17) is 0 Å². The fourth-order valence-electron chi connectivity index (χ4n) is 2.65. The maximum atomic E-state index is 12.1. The summed E-state index contributed by atoms with van der Waals surface area (Å²) in [7, 11) is 0. The normalized spacial score (nSPS) is 10.6. The first kappa shape index (κ1) is 16.8. The third-order valence-corrected chi connectivity index (χ3v) is 4.10. The van der Waals surface area contributed by atoms with Crippen molar-refractivity contribution in [1.29, 1.82) is 0 Å². The summed E-state index contributed by atoms with van der Waals surface area (Å²) < 4.78 is 0. The van der Waals surface area contributed by atoms with Crippen molar-refractivity contribution in [1.82, 2.24) is 25.5 Å². The Hall–Kier alpha value is -3.02. The number of rotatable bonds is 6. The fourth-order valence-corrected chi connectivity index (χ4v) is 2.65. The van der Waals surface area contributed by atoms with Gasteiger partial charge in [0.2, 0.25) is 11.7 Å². The van der Waals surface area contributed by atoms with Gasteiger partial charge in [-0.15, -0.1) is 10.2 Å². The number of benzene rings is 2. The molecule has 0 radical (unpaired) electrons. The van der Waals surface area contributed by atoms with Gasteiger partial charge in [-0.1, -0.05) is 48.5 Å². The predicted octanol–water partition coefficient (Wildman–Crippen LogP) is 2.32. The molecule has 1 N–H and O–H groups in total. The Morgan fingerprint density at radius 3 is 2.52 bits per heavy atom. The number of tetrazole rings is 1. The predicted molar refractivity (Wildman–Crippen MR) is 95.9 cm³/mol. The molecule has 2 aromatic carbocycles. The largest absolute Gasteiger partial charge is 0.354 e. The van der Waals surface area contributed by atoms with Gasteiger partial charge in [0.1, 0.15) is 6.54 Å². The van der Waals surface area contributed by atoms with Crippen LogP contribution in [0.2, 0.25) is 0 Å². The summed E-state index contributed by atoms with van der Waals surface area (Å²) in [6.45, 7) is 4.72. The summed E-state index contributed by atoms with van der Waals surface area (Å²) in [5.41, 5.74) is 4.47. The third kappa shape index (κ3) is 4.29. The number of aryl methyl sites for hydroxylation is 2. The number of nitrogens with zero attached hydrogens (tertiary/aromatic N) is 4. The summed E-state index contributed by atoms with van der Waals surface area (Å²) in [5.74, 6) is 0.410. The van der Waals surface area contributed by atoms with Crippen LogP contribution in [0.25, 0.3) is 11.4 Å². The minimum absolute atomic E-state index is 0.0622. The second-order valence-electron chi connectivity index (χ2n) is 5.98. The molecule has 128 valence electrons. The smallest absolute Gasteiger partial charge is 0.243 e. The molecule has 0 bridgehead atoms. The van der Waals surface area contributed by atoms with Gasteiger partial charge in [0.05, 0.1) is 0 Å². The zero-order valence-electron chi connectivity index (χ0n) is 14.4.